The number of nitrogens with zero attached hydrogens (tertiary/aromatic N) is 1. The molecule has 0 radical (unpaired) electrons. The number of nitrogens with one attached hydrogen (secondary N) is 1. The summed E-state index contributed by atoms with van der Waals surface area (Å²) in [4.78, 5) is 26.4. The molecule has 25 heavy (non-hydrogen) atoms. The van der Waals surface area contributed by atoms with Gasteiger partial charge < -0.3 is 10.2 Å². The molecule has 3 rings (SSSR count). The van der Waals surface area contributed by atoms with Crippen molar-refractivity contribution in [2.75, 3.05) is 11.4 Å². The Balaban J connectivity index is 1.61. The van der Waals surface area contributed by atoms with E-state index < -0.39 is 0 Å². The molecule has 5 heteroatoms. The van der Waals surface area contributed by atoms with E-state index in [9.17, 15) is 9.59 Å². The largest absolute Gasteiger partial charge is 0.352 e. The number of carbonyl (C=O) groups excluding carboxylic acids is 2. The number of amides is 2. The zero-order valence-electron chi connectivity index (χ0n) is 14.2. The smallest absolute Gasteiger partial charge is 0.227 e. The highest BCUT2D eigenvalue weighted by Gasteiger charge is 2.34. The van der Waals surface area contributed by atoms with Gasteiger partial charge in [0.2, 0.25) is 11.8 Å². The van der Waals surface area contributed by atoms with Crippen LogP contribution in [0.3, 0.4) is 0 Å². The molecule has 130 valence electrons. The molecule has 0 bridgehead atoms. The van der Waals surface area contributed by atoms with Crippen molar-refractivity contribution in [1.82, 2.24) is 5.32 Å². The third-order valence-electron chi connectivity index (χ3n) is 4.56. The highest BCUT2D eigenvalue weighted by atomic mass is 35.5. The summed E-state index contributed by atoms with van der Waals surface area (Å²) in [7, 11) is 0. The van der Waals surface area contributed by atoms with Crippen LogP contribution in [0.2, 0.25) is 5.02 Å². The van der Waals surface area contributed by atoms with E-state index in [0.29, 0.717) is 18.1 Å². The zero-order chi connectivity index (χ0) is 17.8. The van der Waals surface area contributed by atoms with E-state index in [-0.39, 0.29) is 24.2 Å². The Morgan fingerprint density at radius 3 is 2.60 bits per heavy atom. The van der Waals surface area contributed by atoms with Crippen LogP contribution in [0.1, 0.15) is 24.5 Å². The minimum atomic E-state index is -0.333. The molecule has 0 aromatic heterocycles. The predicted octanol–water partition coefficient (Wildman–Crippen LogP) is 3.57. The van der Waals surface area contributed by atoms with Gasteiger partial charge in [-0.05, 0) is 35.7 Å². The lowest BCUT2D eigenvalue weighted by Crippen LogP contribution is -2.32. The van der Waals surface area contributed by atoms with Crippen LogP contribution in [0.4, 0.5) is 5.69 Å². The van der Waals surface area contributed by atoms with Crippen LogP contribution in [0.15, 0.2) is 48.5 Å². The Kier molecular flexibility index (Phi) is 5.39. The minimum absolute atomic E-state index is 0.0119. The molecule has 0 saturated carbocycles. The average molecular weight is 357 g/mol. The van der Waals surface area contributed by atoms with E-state index in [1.54, 1.807) is 11.0 Å². The average Bonchev–Trinajstić information content (AvgIpc) is 3.03. The third kappa shape index (κ3) is 4.02. The first-order valence-corrected chi connectivity index (χ1v) is 8.86. The van der Waals surface area contributed by atoms with Crippen molar-refractivity contribution in [2.45, 2.75) is 26.3 Å². The lowest BCUT2D eigenvalue weighted by Gasteiger charge is -2.17. The molecule has 1 atom stereocenters. The second-order valence-corrected chi connectivity index (χ2v) is 6.64. The van der Waals surface area contributed by atoms with Crippen molar-refractivity contribution in [1.29, 1.82) is 0 Å². The maximum absolute atomic E-state index is 12.4. The van der Waals surface area contributed by atoms with E-state index in [2.05, 4.69) is 12.2 Å². The summed E-state index contributed by atoms with van der Waals surface area (Å²) < 4.78 is 0. The van der Waals surface area contributed by atoms with Crippen molar-refractivity contribution >= 4 is 29.1 Å². The molecule has 2 amide bonds. The fraction of sp³-hybridized carbons (Fsp3) is 0.300. The Labute approximate surface area is 152 Å². The van der Waals surface area contributed by atoms with Gasteiger partial charge in [-0.15, -0.1) is 0 Å². The SMILES string of the molecule is CCc1ccc(N2C[C@@H](C(=O)NCc3ccccc3Cl)CC2=O)cc1. The maximum atomic E-state index is 12.4. The summed E-state index contributed by atoms with van der Waals surface area (Å²) in [5.74, 6) is -0.455. The number of aryl methyl sites for hydroxylation is 1. The van der Waals surface area contributed by atoms with Crippen molar-refractivity contribution < 1.29 is 9.59 Å². The number of hydrogen-bond acceptors (Lipinski definition) is 2. The number of anilines is 1. The van der Waals surface area contributed by atoms with Crippen molar-refractivity contribution in [2.24, 2.45) is 5.92 Å². The topological polar surface area (TPSA) is 49.4 Å². The fourth-order valence-corrected chi connectivity index (χ4v) is 3.22. The van der Waals surface area contributed by atoms with Crippen LogP contribution >= 0.6 is 11.6 Å². The normalized spacial score (nSPS) is 17.0. The van der Waals surface area contributed by atoms with Crippen molar-refractivity contribution in [3.63, 3.8) is 0 Å². The Morgan fingerprint density at radius 2 is 1.92 bits per heavy atom. The van der Waals surface area contributed by atoms with Gasteiger partial charge in [0.05, 0.1) is 5.92 Å². The summed E-state index contributed by atoms with van der Waals surface area (Å²) in [6.45, 7) is 2.88. The molecular formula is C20H21ClN2O2. The van der Waals surface area contributed by atoms with Crippen molar-refractivity contribution in [3.05, 3.63) is 64.7 Å². The second kappa shape index (κ2) is 7.70. The van der Waals surface area contributed by atoms with E-state index in [1.807, 2.05) is 42.5 Å². The van der Waals surface area contributed by atoms with Crippen LogP contribution in [-0.2, 0) is 22.6 Å². The molecule has 2 aromatic rings. The molecule has 0 spiro atoms. The molecule has 1 N–H and O–H groups in total. The van der Waals surface area contributed by atoms with Crippen molar-refractivity contribution in [3.8, 4) is 0 Å². The predicted molar refractivity (Wildman–Crippen MR) is 99.6 cm³/mol. The summed E-state index contributed by atoms with van der Waals surface area (Å²) in [6.07, 6.45) is 1.20. The van der Waals surface area contributed by atoms with Gasteiger partial charge in [-0.2, -0.15) is 0 Å². The Morgan fingerprint density at radius 1 is 1.20 bits per heavy atom. The molecule has 4 nitrogen and oxygen atoms in total. The monoisotopic (exact) mass is 356 g/mol. The lowest BCUT2D eigenvalue weighted by atomic mass is 10.1. The van der Waals surface area contributed by atoms with Gasteiger partial charge in [0.25, 0.3) is 0 Å². The first-order chi connectivity index (χ1) is 12.1. The minimum Gasteiger partial charge on any atom is -0.352 e. The summed E-state index contributed by atoms with van der Waals surface area (Å²) in [6, 6.07) is 15.3. The van der Waals surface area contributed by atoms with Crippen LogP contribution in [0.25, 0.3) is 0 Å². The van der Waals surface area contributed by atoms with Gasteiger partial charge in [-0.3, -0.25) is 9.59 Å². The van der Waals surface area contributed by atoms with Gasteiger partial charge >= 0.3 is 0 Å². The van der Waals surface area contributed by atoms with E-state index >= 15 is 0 Å². The van der Waals surface area contributed by atoms with Crippen LogP contribution < -0.4 is 10.2 Å². The quantitative estimate of drug-likeness (QED) is 0.890. The lowest BCUT2D eigenvalue weighted by molar-refractivity contribution is -0.126. The van der Waals surface area contributed by atoms with Crippen LogP contribution in [0.5, 0.6) is 0 Å². The summed E-state index contributed by atoms with van der Waals surface area (Å²) in [5.41, 5.74) is 2.95. The number of hydrogen-bond donors (Lipinski definition) is 1. The van der Waals surface area contributed by atoms with Gasteiger partial charge in [0.1, 0.15) is 0 Å². The molecule has 1 aliphatic rings. The molecule has 1 aliphatic heterocycles. The molecular weight excluding hydrogens is 336 g/mol. The Bertz CT molecular complexity index is 774. The van der Waals surface area contributed by atoms with E-state index in [4.69, 9.17) is 11.6 Å². The fourth-order valence-electron chi connectivity index (χ4n) is 3.01. The number of rotatable bonds is 5. The molecule has 2 aromatic carbocycles. The first-order valence-electron chi connectivity index (χ1n) is 8.49. The number of benzene rings is 2. The first kappa shape index (κ1) is 17.5. The van der Waals surface area contributed by atoms with Gasteiger partial charge in [0.15, 0.2) is 0 Å². The van der Waals surface area contributed by atoms with Crippen LogP contribution in [-0.4, -0.2) is 18.4 Å². The standard InChI is InChI=1S/C20H21ClN2O2/c1-2-14-7-9-17(10-8-14)23-13-16(11-19(23)24)20(25)22-12-15-5-3-4-6-18(15)21/h3-10,16H,2,11-13H2,1H3,(H,22,25)/t16-/m0/s1. The molecule has 1 fully saturated rings. The van der Waals surface area contributed by atoms with Crippen LogP contribution in [0, 0.1) is 5.92 Å². The molecule has 0 unspecified atom stereocenters. The molecule has 1 saturated heterocycles. The van der Waals surface area contributed by atoms with Gasteiger partial charge in [-0.1, -0.05) is 48.9 Å². The van der Waals surface area contributed by atoms with E-state index in [1.165, 1.54) is 5.56 Å². The maximum Gasteiger partial charge on any atom is 0.227 e. The summed E-state index contributed by atoms with van der Waals surface area (Å²) >= 11 is 6.10. The number of halogens is 1. The third-order valence-corrected chi connectivity index (χ3v) is 4.93. The summed E-state index contributed by atoms with van der Waals surface area (Å²) in [5, 5.41) is 3.52. The second-order valence-electron chi connectivity index (χ2n) is 6.23. The van der Waals surface area contributed by atoms with E-state index in [0.717, 1.165) is 17.7 Å². The molecule has 0 aliphatic carbocycles. The Hall–Kier alpha value is -2.33. The number of carbonyl (C=O) groups is 2. The van der Waals surface area contributed by atoms with Gasteiger partial charge in [0, 0.05) is 30.2 Å². The highest BCUT2D eigenvalue weighted by Crippen LogP contribution is 2.26. The highest BCUT2D eigenvalue weighted by molar-refractivity contribution is 6.31. The molecule has 1 heterocycles. The van der Waals surface area contributed by atoms with Gasteiger partial charge in [-0.25, -0.2) is 0 Å². The zero-order valence-corrected chi connectivity index (χ0v) is 14.9.